The van der Waals surface area contributed by atoms with Crippen molar-refractivity contribution in [3.63, 3.8) is 0 Å². The number of amides is 2. The summed E-state index contributed by atoms with van der Waals surface area (Å²) in [6.45, 7) is 2.55. The summed E-state index contributed by atoms with van der Waals surface area (Å²) >= 11 is 0. The van der Waals surface area contributed by atoms with Gasteiger partial charge in [-0.3, -0.25) is 4.98 Å². The molecule has 1 aliphatic rings. The SMILES string of the molecule is CCOc1ccc(NC(=O)NC2CCC(Oc3cncc(OC)n3)CC2)cc1. The molecule has 0 unspecified atom stereocenters. The first-order chi connectivity index (χ1) is 13.7. The Balaban J connectivity index is 1.41. The Morgan fingerprint density at radius 3 is 2.50 bits per heavy atom. The van der Waals surface area contributed by atoms with E-state index in [1.54, 1.807) is 13.3 Å². The number of nitrogens with one attached hydrogen (secondary N) is 2. The molecule has 28 heavy (non-hydrogen) atoms. The van der Waals surface area contributed by atoms with Crippen molar-refractivity contribution in [3.05, 3.63) is 36.7 Å². The van der Waals surface area contributed by atoms with Gasteiger partial charge in [-0.05, 0) is 56.9 Å². The van der Waals surface area contributed by atoms with Gasteiger partial charge in [0.2, 0.25) is 11.8 Å². The van der Waals surface area contributed by atoms with Crippen molar-refractivity contribution >= 4 is 11.7 Å². The zero-order chi connectivity index (χ0) is 19.8. The Morgan fingerprint density at radius 1 is 1.11 bits per heavy atom. The van der Waals surface area contributed by atoms with Gasteiger partial charge in [0, 0.05) is 11.7 Å². The third-order valence-corrected chi connectivity index (χ3v) is 4.52. The first-order valence-electron chi connectivity index (χ1n) is 9.49. The van der Waals surface area contributed by atoms with Crippen LogP contribution in [0.5, 0.6) is 17.5 Å². The van der Waals surface area contributed by atoms with Crippen LogP contribution >= 0.6 is 0 Å². The minimum Gasteiger partial charge on any atom is -0.494 e. The number of carbonyl (C=O) groups is 1. The van der Waals surface area contributed by atoms with Crippen LogP contribution in [-0.2, 0) is 0 Å². The van der Waals surface area contributed by atoms with Gasteiger partial charge in [-0.25, -0.2) is 4.79 Å². The van der Waals surface area contributed by atoms with E-state index < -0.39 is 0 Å². The van der Waals surface area contributed by atoms with Crippen molar-refractivity contribution in [2.75, 3.05) is 19.0 Å². The lowest BCUT2D eigenvalue weighted by molar-refractivity contribution is 0.134. The molecule has 8 heteroatoms. The van der Waals surface area contributed by atoms with Crippen LogP contribution in [0, 0.1) is 0 Å². The van der Waals surface area contributed by atoms with Gasteiger partial charge >= 0.3 is 6.03 Å². The maximum Gasteiger partial charge on any atom is 0.319 e. The molecule has 0 spiro atoms. The lowest BCUT2D eigenvalue weighted by Gasteiger charge is -2.29. The molecule has 1 fully saturated rings. The summed E-state index contributed by atoms with van der Waals surface area (Å²) < 4.78 is 16.3. The van der Waals surface area contributed by atoms with E-state index in [0.29, 0.717) is 18.4 Å². The lowest BCUT2D eigenvalue weighted by atomic mass is 9.93. The monoisotopic (exact) mass is 386 g/mol. The summed E-state index contributed by atoms with van der Waals surface area (Å²) in [6.07, 6.45) is 6.55. The highest BCUT2D eigenvalue weighted by Gasteiger charge is 2.24. The van der Waals surface area contributed by atoms with E-state index in [4.69, 9.17) is 14.2 Å². The van der Waals surface area contributed by atoms with Crippen LogP contribution in [0.1, 0.15) is 32.6 Å². The van der Waals surface area contributed by atoms with E-state index in [1.807, 2.05) is 31.2 Å². The van der Waals surface area contributed by atoms with Crippen LogP contribution in [0.25, 0.3) is 0 Å². The Morgan fingerprint density at radius 2 is 1.82 bits per heavy atom. The Kier molecular flexibility index (Phi) is 6.89. The predicted octanol–water partition coefficient (Wildman–Crippen LogP) is 3.40. The molecule has 0 bridgehead atoms. The van der Waals surface area contributed by atoms with Gasteiger partial charge in [0.25, 0.3) is 0 Å². The number of methoxy groups -OCH3 is 1. The van der Waals surface area contributed by atoms with Crippen molar-refractivity contribution in [2.24, 2.45) is 0 Å². The number of aromatic nitrogens is 2. The van der Waals surface area contributed by atoms with Crippen molar-refractivity contribution in [2.45, 2.75) is 44.8 Å². The third-order valence-electron chi connectivity index (χ3n) is 4.52. The van der Waals surface area contributed by atoms with Gasteiger partial charge in [-0.1, -0.05) is 0 Å². The maximum absolute atomic E-state index is 12.2. The topological polar surface area (TPSA) is 94.6 Å². The van der Waals surface area contributed by atoms with Crippen LogP contribution in [0.4, 0.5) is 10.5 Å². The number of hydrogen-bond acceptors (Lipinski definition) is 6. The number of anilines is 1. The zero-order valence-electron chi connectivity index (χ0n) is 16.2. The molecule has 2 aromatic rings. The maximum atomic E-state index is 12.2. The minimum atomic E-state index is -0.202. The van der Waals surface area contributed by atoms with Crippen LogP contribution in [0.2, 0.25) is 0 Å². The van der Waals surface area contributed by atoms with E-state index in [1.165, 1.54) is 6.20 Å². The molecule has 0 radical (unpaired) electrons. The number of benzene rings is 1. The van der Waals surface area contributed by atoms with Crippen molar-refractivity contribution in [1.29, 1.82) is 0 Å². The van der Waals surface area contributed by atoms with Crippen LogP contribution in [0.15, 0.2) is 36.7 Å². The largest absolute Gasteiger partial charge is 0.494 e. The zero-order valence-corrected chi connectivity index (χ0v) is 16.2. The van der Waals surface area contributed by atoms with E-state index in [0.717, 1.165) is 37.1 Å². The molecular weight excluding hydrogens is 360 g/mol. The van der Waals surface area contributed by atoms with Gasteiger partial charge in [-0.2, -0.15) is 4.98 Å². The Hall–Kier alpha value is -3.03. The van der Waals surface area contributed by atoms with Crippen LogP contribution in [0.3, 0.4) is 0 Å². The summed E-state index contributed by atoms with van der Waals surface area (Å²) in [5, 5.41) is 5.88. The molecule has 2 amide bonds. The molecule has 3 rings (SSSR count). The number of rotatable bonds is 7. The summed E-state index contributed by atoms with van der Waals surface area (Å²) in [5.74, 6) is 1.68. The van der Waals surface area contributed by atoms with Crippen LogP contribution < -0.4 is 24.8 Å². The molecule has 1 saturated carbocycles. The molecule has 8 nitrogen and oxygen atoms in total. The average Bonchev–Trinajstić information content (AvgIpc) is 2.71. The molecular formula is C20H26N4O4. The summed E-state index contributed by atoms with van der Waals surface area (Å²) in [4.78, 5) is 20.5. The van der Waals surface area contributed by atoms with Gasteiger partial charge in [0.05, 0.1) is 26.1 Å². The van der Waals surface area contributed by atoms with Gasteiger partial charge in [0.15, 0.2) is 0 Å². The third kappa shape index (κ3) is 5.73. The average molecular weight is 386 g/mol. The lowest BCUT2D eigenvalue weighted by Crippen LogP contribution is -2.41. The van der Waals surface area contributed by atoms with E-state index in [2.05, 4.69) is 20.6 Å². The Labute approximate surface area is 164 Å². The molecule has 1 heterocycles. The number of urea groups is 1. The first kappa shape index (κ1) is 19.7. The normalized spacial score (nSPS) is 18.8. The van der Waals surface area contributed by atoms with E-state index >= 15 is 0 Å². The standard InChI is InChI=1S/C20H26N4O4/c1-3-27-16-8-4-14(5-9-16)22-20(25)23-15-6-10-17(11-7-15)28-19-13-21-12-18(24-19)26-2/h4-5,8-9,12-13,15,17H,3,6-7,10-11H2,1-2H3,(H2,22,23,25). The molecule has 2 N–H and O–H groups in total. The highest BCUT2D eigenvalue weighted by molar-refractivity contribution is 5.89. The number of nitrogens with zero attached hydrogens (tertiary/aromatic N) is 2. The predicted molar refractivity (Wildman–Crippen MR) is 105 cm³/mol. The van der Waals surface area contributed by atoms with Crippen LogP contribution in [-0.4, -0.2) is 41.9 Å². The summed E-state index contributed by atoms with van der Waals surface area (Å²) in [7, 11) is 1.54. The number of hydrogen-bond donors (Lipinski definition) is 2. The molecule has 1 aromatic carbocycles. The quantitative estimate of drug-likeness (QED) is 0.757. The fourth-order valence-electron chi connectivity index (χ4n) is 3.14. The second kappa shape index (κ2) is 9.77. The Bertz CT molecular complexity index is 761. The van der Waals surface area contributed by atoms with E-state index in [9.17, 15) is 4.79 Å². The van der Waals surface area contributed by atoms with Gasteiger partial charge < -0.3 is 24.8 Å². The first-order valence-corrected chi connectivity index (χ1v) is 9.49. The highest BCUT2D eigenvalue weighted by Crippen LogP contribution is 2.23. The van der Waals surface area contributed by atoms with Crippen molar-refractivity contribution in [1.82, 2.24) is 15.3 Å². The fraction of sp³-hybridized carbons (Fsp3) is 0.450. The number of ether oxygens (including phenoxy) is 3. The fourth-order valence-corrected chi connectivity index (χ4v) is 3.14. The minimum absolute atomic E-state index is 0.0635. The molecule has 0 saturated heterocycles. The summed E-state index contributed by atoms with van der Waals surface area (Å²) in [6, 6.07) is 7.24. The highest BCUT2D eigenvalue weighted by atomic mass is 16.5. The molecule has 0 atom stereocenters. The summed E-state index contributed by atoms with van der Waals surface area (Å²) in [5.41, 5.74) is 0.731. The molecule has 1 aliphatic carbocycles. The molecule has 150 valence electrons. The van der Waals surface area contributed by atoms with Crippen molar-refractivity contribution < 1.29 is 19.0 Å². The number of carbonyl (C=O) groups excluding carboxylic acids is 1. The van der Waals surface area contributed by atoms with Gasteiger partial charge in [-0.15, -0.1) is 0 Å². The smallest absolute Gasteiger partial charge is 0.319 e. The second-order valence-electron chi connectivity index (χ2n) is 6.55. The van der Waals surface area contributed by atoms with Crippen molar-refractivity contribution in [3.8, 4) is 17.5 Å². The second-order valence-corrected chi connectivity index (χ2v) is 6.55. The molecule has 0 aliphatic heterocycles. The molecule has 1 aromatic heterocycles. The van der Waals surface area contributed by atoms with Gasteiger partial charge in [0.1, 0.15) is 11.9 Å². The van der Waals surface area contributed by atoms with E-state index in [-0.39, 0.29) is 18.2 Å².